The van der Waals surface area contributed by atoms with E-state index >= 15 is 0 Å². The molecule has 1 fully saturated rings. The normalized spacial score (nSPS) is 17.7. The Bertz CT molecular complexity index is 334. The fraction of sp³-hybridized carbons (Fsp3) is 0.750. The summed E-state index contributed by atoms with van der Waals surface area (Å²) >= 11 is 1.77. The van der Waals surface area contributed by atoms with Gasteiger partial charge < -0.3 is 15.5 Å². The van der Waals surface area contributed by atoms with Crippen molar-refractivity contribution in [1.82, 2.24) is 9.88 Å². The molecule has 5 heteroatoms. The number of piperazine rings is 1. The van der Waals surface area contributed by atoms with E-state index in [-0.39, 0.29) is 0 Å². The molecule has 1 aromatic heterocycles. The third-order valence-electron chi connectivity index (χ3n) is 3.38. The van der Waals surface area contributed by atoms with Crippen molar-refractivity contribution < 1.29 is 0 Å². The van der Waals surface area contributed by atoms with Crippen LogP contribution in [0.4, 0.5) is 5.13 Å². The highest BCUT2D eigenvalue weighted by molar-refractivity contribution is 7.15. The second-order valence-electron chi connectivity index (χ2n) is 4.35. The Morgan fingerprint density at radius 3 is 2.41 bits per heavy atom. The topological polar surface area (TPSA) is 45.4 Å². The summed E-state index contributed by atoms with van der Waals surface area (Å²) in [6.07, 6.45) is 0.984. The third-order valence-corrected chi connectivity index (χ3v) is 4.56. The molecule has 1 aromatic rings. The van der Waals surface area contributed by atoms with Crippen LogP contribution in [0.25, 0.3) is 0 Å². The van der Waals surface area contributed by atoms with Gasteiger partial charge in [0.1, 0.15) is 0 Å². The van der Waals surface area contributed by atoms with Gasteiger partial charge in [-0.1, -0.05) is 13.8 Å². The fourth-order valence-electron chi connectivity index (χ4n) is 2.20. The van der Waals surface area contributed by atoms with E-state index in [1.165, 1.54) is 10.6 Å². The minimum absolute atomic E-state index is 0.621. The predicted octanol–water partition coefficient (Wildman–Crippen LogP) is 1.31. The molecular weight excluding hydrogens is 232 g/mol. The Kier molecular flexibility index (Phi) is 4.36. The van der Waals surface area contributed by atoms with Crippen molar-refractivity contribution in [3.8, 4) is 0 Å². The van der Waals surface area contributed by atoms with Crippen LogP contribution in [0.2, 0.25) is 0 Å². The highest BCUT2D eigenvalue weighted by atomic mass is 32.1. The van der Waals surface area contributed by atoms with E-state index in [1.54, 1.807) is 11.3 Å². The number of thiazole rings is 1. The number of anilines is 1. The van der Waals surface area contributed by atoms with E-state index < -0.39 is 0 Å². The van der Waals surface area contributed by atoms with Gasteiger partial charge in [0.25, 0.3) is 0 Å². The van der Waals surface area contributed by atoms with Crippen LogP contribution in [0.3, 0.4) is 0 Å². The molecule has 2 heterocycles. The SMILES string of the molecule is CCc1nc(N2CCN(CC)CC2)sc1CN. The maximum absolute atomic E-state index is 5.76. The summed E-state index contributed by atoms with van der Waals surface area (Å²) in [6.45, 7) is 10.6. The molecule has 0 aromatic carbocycles. The van der Waals surface area contributed by atoms with Gasteiger partial charge in [-0.2, -0.15) is 0 Å². The van der Waals surface area contributed by atoms with Gasteiger partial charge in [0.15, 0.2) is 5.13 Å². The van der Waals surface area contributed by atoms with Gasteiger partial charge in [0, 0.05) is 37.6 Å². The first kappa shape index (κ1) is 12.8. The van der Waals surface area contributed by atoms with Crippen LogP contribution < -0.4 is 10.6 Å². The van der Waals surface area contributed by atoms with Crippen molar-refractivity contribution in [2.24, 2.45) is 5.73 Å². The van der Waals surface area contributed by atoms with Gasteiger partial charge in [-0.25, -0.2) is 4.98 Å². The number of hydrogen-bond donors (Lipinski definition) is 1. The van der Waals surface area contributed by atoms with Gasteiger partial charge in [0.05, 0.1) is 5.69 Å². The van der Waals surface area contributed by atoms with Crippen LogP contribution in [0, 0.1) is 0 Å². The minimum Gasteiger partial charge on any atom is -0.346 e. The molecule has 0 unspecified atom stereocenters. The molecule has 0 spiro atoms. The summed E-state index contributed by atoms with van der Waals surface area (Å²) in [5, 5.41) is 1.16. The molecule has 0 atom stereocenters. The van der Waals surface area contributed by atoms with Gasteiger partial charge in [-0.3, -0.25) is 0 Å². The first-order chi connectivity index (χ1) is 8.28. The molecule has 0 radical (unpaired) electrons. The monoisotopic (exact) mass is 254 g/mol. The number of aromatic nitrogens is 1. The summed E-state index contributed by atoms with van der Waals surface area (Å²) in [5.74, 6) is 0. The molecule has 0 amide bonds. The van der Waals surface area contributed by atoms with E-state index in [0.29, 0.717) is 6.54 Å². The average molecular weight is 254 g/mol. The first-order valence-corrected chi connectivity index (χ1v) is 7.26. The summed E-state index contributed by atoms with van der Waals surface area (Å²) in [7, 11) is 0. The van der Waals surface area contributed by atoms with Crippen LogP contribution in [0.1, 0.15) is 24.4 Å². The molecule has 96 valence electrons. The lowest BCUT2D eigenvalue weighted by Crippen LogP contribution is -2.46. The van der Waals surface area contributed by atoms with Crippen LogP contribution in [0.15, 0.2) is 0 Å². The highest BCUT2D eigenvalue weighted by Gasteiger charge is 2.19. The van der Waals surface area contributed by atoms with Crippen LogP contribution in [0.5, 0.6) is 0 Å². The van der Waals surface area contributed by atoms with E-state index in [0.717, 1.165) is 44.3 Å². The Morgan fingerprint density at radius 1 is 1.24 bits per heavy atom. The number of likely N-dealkylation sites (N-methyl/N-ethyl adjacent to an activating group) is 1. The number of nitrogens with two attached hydrogens (primary N) is 1. The molecule has 0 aliphatic carbocycles. The van der Waals surface area contributed by atoms with E-state index in [1.807, 2.05) is 0 Å². The Balaban J connectivity index is 2.05. The second-order valence-corrected chi connectivity index (χ2v) is 5.41. The minimum atomic E-state index is 0.621. The van der Waals surface area contributed by atoms with Crippen molar-refractivity contribution in [2.45, 2.75) is 26.8 Å². The summed E-state index contributed by atoms with van der Waals surface area (Å²) < 4.78 is 0. The Morgan fingerprint density at radius 2 is 1.94 bits per heavy atom. The van der Waals surface area contributed by atoms with Gasteiger partial charge in [-0.15, -0.1) is 11.3 Å². The summed E-state index contributed by atoms with van der Waals surface area (Å²) in [5.41, 5.74) is 6.94. The Hall–Kier alpha value is -0.650. The maximum Gasteiger partial charge on any atom is 0.185 e. The number of rotatable bonds is 4. The molecule has 17 heavy (non-hydrogen) atoms. The van der Waals surface area contributed by atoms with Crippen LogP contribution in [-0.2, 0) is 13.0 Å². The number of nitrogens with zero attached hydrogens (tertiary/aromatic N) is 3. The van der Waals surface area contributed by atoms with E-state index in [4.69, 9.17) is 10.7 Å². The molecule has 0 saturated carbocycles. The molecule has 1 saturated heterocycles. The predicted molar refractivity (Wildman–Crippen MR) is 73.7 cm³/mol. The van der Waals surface area contributed by atoms with Crippen LogP contribution >= 0.6 is 11.3 Å². The third kappa shape index (κ3) is 2.78. The van der Waals surface area contributed by atoms with Crippen molar-refractivity contribution >= 4 is 16.5 Å². The van der Waals surface area contributed by atoms with Gasteiger partial charge in [0.2, 0.25) is 0 Å². The molecule has 1 aliphatic heterocycles. The van der Waals surface area contributed by atoms with Crippen molar-refractivity contribution in [3.05, 3.63) is 10.6 Å². The molecular formula is C12H22N4S. The molecule has 4 nitrogen and oxygen atoms in total. The Labute approximate surface area is 107 Å². The highest BCUT2D eigenvalue weighted by Crippen LogP contribution is 2.27. The first-order valence-electron chi connectivity index (χ1n) is 6.44. The molecule has 1 aliphatic rings. The largest absolute Gasteiger partial charge is 0.346 e. The molecule has 2 N–H and O–H groups in total. The van der Waals surface area contributed by atoms with Crippen molar-refractivity contribution in [2.75, 3.05) is 37.6 Å². The molecule has 0 bridgehead atoms. The summed E-state index contributed by atoms with van der Waals surface area (Å²) in [6, 6.07) is 0. The lowest BCUT2D eigenvalue weighted by Gasteiger charge is -2.33. The van der Waals surface area contributed by atoms with E-state index in [9.17, 15) is 0 Å². The van der Waals surface area contributed by atoms with Crippen LogP contribution in [-0.4, -0.2) is 42.6 Å². The summed E-state index contributed by atoms with van der Waals surface area (Å²) in [4.78, 5) is 10.8. The fourth-order valence-corrected chi connectivity index (χ4v) is 3.28. The van der Waals surface area contributed by atoms with Gasteiger partial charge in [-0.05, 0) is 13.0 Å². The quantitative estimate of drug-likeness (QED) is 0.880. The van der Waals surface area contributed by atoms with Crippen molar-refractivity contribution in [3.63, 3.8) is 0 Å². The average Bonchev–Trinajstić information content (AvgIpc) is 2.82. The zero-order valence-electron chi connectivity index (χ0n) is 10.8. The standard InChI is InChI=1S/C12H22N4S/c1-3-10-11(9-13)17-12(14-10)16-7-5-15(4-2)6-8-16/h3-9,13H2,1-2H3. The zero-order valence-corrected chi connectivity index (χ0v) is 11.6. The number of hydrogen-bond acceptors (Lipinski definition) is 5. The van der Waals surface area contributed by atoms with Crippen molar-refractivity contribution in [1.29, 1.82) is 0 Å². The lowest BCUT2D eigenvalue weighted by molar-refractivity contribution is 0.271. The number of aryl methyl sites for hydroxylation is 1. The van der Waals surface area contributed by atoms with Gasteiger partial charge >= 0.3 is 0 Å². The zero-order chi connectivity index (χ0) is 12.3. The second kappa shape index (κ2) is 5.80. The molecule has 2 rings (SSSR count). The lowest BCUT2D eigenvalue weighted by atomic mass is 10.3. The van der Waals surface area contributed by atoms with E-state index in [2.05, 4.69) is 23.6 Å². The maximum atomic E-state index is 5.76. The smallest absolute Gasteiger partial charge is 0.185 e.